The average Bonchev–Trinajstić information content (AvgIpc) is 2.40. The molecule has 0 spiro atoms. The minimum atomic E-state index is -1.01. The molecule has 1 aromatic carbocycles. The van der Waals surface area contributed by atoms with Crippen molar-refractivity contribution < 1.29 is 24.0 Å². The fourth-order valence-electron chi connectivity index (χ4n) is 1.80. The summed E-state index contributed by atoms with van der Waals surface area (Å²) in [6.07, 6.45) is 0.151. The third-order valence-electron chi connectivity index (χ3n) is 2.86. The van der Waals surface area contributed by atoms with Crippen LogP contribution in [0, 0.1) is 22.9 Å². The third-order valence-corrected chi connectivity index (χ3v) is 2.86. The van der Waals surface area contributed by atoms with E-state index in [0.29, 0.717) is 6.54 Å². The smallest absolute Gasteiger partial charge is 0.320 e. The quantitative estimate of drug-likeness (QED) is 0.561. The van der Waals surface area contributed by atoms with Crippen molar-refractivity contribution in [3.05, 3.63) is 33.6 Å². The van der Waals surface area contributed by atoms with Gasteiger partial charge in [-0.1, -0.05) is 6.92 Å². The molecule has 0 aliphatic carbocycles. The Labute approximate surface area is 120 Å². The zero-order chi connectivity index (χ0) is 16.0. The number of halogens is 1. The molecule has 0 amide bonds. The van der Waals surface area contributed by atoms with Gasteiger partial charge in [-0.3, -0.25) is 14.9 Å². The summed E-state index contributed by atoms with van der Waals surface area (Å²) in [5, 5.41) is 22.3. The molecule has 1 atom stereocenters. The summed E-state index contributed by atoms with van der Waals surface area (Å²) < 4.78 is 18.8. The number of carbonyl (C=O) groups is 1. The van der Waals surface area contributed by atoms with Gasteiger partial charge in [-0.2, -0.15) is 0 Å². The summed E-state index contributed by atoms with van der Waals surface area (Å²) in [6.45, 7) is 3.72. The van der Waals surface area contributed by atoms with Crippen LogP contribution in [0.3, 0.4) is 0 Å². The van der Waals surface area contributed by atoms with Crippen molar-refractivity contribution >= 4 is 11.7 Å². The van der Waals surface area contributed by atoms with Crippen LogP contribution in [-0.2, 0) is 4.79 Å². The van der Waals surface area contributed by atoms with E-state index in [1.165, 1.54) is 13.0 Å². The van der Waals surface area contributed by atoms with Crippen LogP contribution < -0.4 is 10.1 Å². The molecule has 0 heterocycles. The number of nitro benzene ring substituents is 1. The van der Waals surface area contributed by atoms with Gasteiger partial charge < -0.3 is 15.2 Å². The van der Waals surface area contributed by atoms with E-state index >= 15 is 0 Å². The van der Waals surface area contributed by atoms with E-state index in [2.05, 4.69) is 5.32 Å². The molecule has 0 saturated heterocycles. The van der Waals surface area contributed by atoms with Crippen molar-refractivity contribution in [1.29, 1.82) is 0 Å². The highest BCUT2D eigenvalue weighted by molar-refractivity contribution is 5.73. The lowest BCUT2D eigenvalue weighted by Crippen LogP contribution is -2.37. The molecule has 0 fully saturated rings. The molecule has 1 rings (SSSR count). The summed E-state index contributed by atoms with van der Waals surface area (Å²) >= 11 is 0. The monoisotopic (exact) mass is 300 g/mol. The van der Waals surface area contributed by atoms with Crippen LogP contribution in [0.15, 0.2) is 12.1 Å². The second kappa shape index (κ2) is 7.53. The maximum atomic E-state index is 13.7. The minimum Gasteiger partial charge on any atom is -0.490 e. The zero-order valence-electron chi connectivity index (χ0n) is 11.8. The number of carboxylic acid groups (broad SMARTS) is 1. The minimum absolute atomic E-state index is 0.0157. The normalized spacial score (nSPS) is 12.0. The van der Waals surface area contributed by atoms with E-state index < -0.39 is 22.8 Å². The van der Waals surface area contributed by atoms with Gasteiger partial charge in [0, 0.05) is 12.0 Å². The lowest BCUT2D eigenvalue weighted by atomic mass is 10.2. The zero-order valence-corrected chi connectivity index (χ0v) is 11.8. The fourth-order valence-corrected chi connectivity index (χ4v) is 1.80. The first-order valence-electron chi connectivity index (χ1n) is 6.40. The molecule has 1 unspecified atom stereocenters. The molecule has 21 heavy (non-hydrogen) atoms. The van der Waals surface area contributed by atoms with Gasteiger partial charge in [-0.25, -0.2) is 4.39 Å². The van der Waals surface area contributed by atoms with Gasteiger partial charge in [0.15, 0.2) is 11.6 Å². The van der Waals surface area contributed by atoms with Gasteiger partial charge in [0.1, 0.15) is 6.04 Å². The molecule has 0 aliphatic heterocycles. The first-order valence-corrected chi connectivity index (χ1v) is 6.40. The molecule has 116 valence electrons. The number of carboxylic acids is 1. The Hall–Kier alpha value is -2.22. The first kappa shape index (κ1) is 16.8. The van der Waals surface area contributed by atoms with E-state index in [1.54, 1.807) is 6.92 Å². The third kappa shape index (κ3) is 4.67. The topological polar surface area (TPSA) is 102 Å². The molecule has 8 heteroatoms. The van der Waals surface area contributed by atoms with E-state index in [9.17, 15) is 19.3 Å². The number of likely N-dealkylation sites (N-methyl/N-ethyl adjacent to an activating group) is 1. The maximum Gasteiger partial charge on any atom is 0.320 e. The number of ether oxygens (including phenoxy) is 1. The van der Waals surface area contributed by atoms with Crippen molar-refractivity contribution in [3.8, 4) is 5.75 Å². The fraction of sp³-hybridized carbons (Fsp3) is 0.462. The second-order valence-corrected chi connectivity index (χ2v) is 4.41. The predicted octanol–water partition coefficient (Wildman–Crippen LogP) is 1.87. The van der Waals surface area contributed by atoms with Gasteiger partial charge in [0.05, 0.1) is 17.6 Å². The Balaban J connectivity index is 2.70. The first-order chi connectivity index (χ1) is 9.86. The van der Waals surface area contributed by atoms with Gasteiger partial charge in [0.25, 0.3) is 5.69 Å². The molecule has 0 saturated carbocycles. The summed E-state index contributed by atoms with van der Waals surface area (Å²) in [5.74, 6) is -1.98. The Morgan fingerprint density at radius 2 is 2.24 bits per heavy atom. The number of nitrogens with zero attached hydrogens (tertiary/aromatic N) is 1. The van der Waals surface area contributed by atoms with Gasteiger partial charge in [-0.15, -0.1) is 0 Å². The number of hydrogen-bond acceptors (Lipinski definition) is 5. The number of benzene rings is 1. The molecular formula is C13H17FN2O5. The number of rotatable bonds is 8. The highest BCUT2D eigenvalue weighted by Gasteiger charge is 2.18. The second-order valence-electron chi connectivity index (χ2n) is 4.41. The Bertz CT molecular complexity index is 536. The van der Waals surface area contributed by atoms with Gasteiger partial charge in [0.2, 0.25) is 0 Å². The van der Waals surface area contributed by atoms with E-state index in [0.717, 1.165) is 6.07 Å². The average molecular weight is 300 g/mol. The lowest BCUT2D eigenvalue weighted by molar-refractivity contribution is -0.385. The molecule has 2 N–H and O–H groups in total. The SMILES string of the molecule is CCNC(CCOc1cc(C)c([N+](=O)[O-])cc1F)C(=O)O. The van der Waals surface area contributed by atoms with Crippen molar-refractivity contribution in [3.63, 3.8) is 0 Å². The Kier molecular flexibility index (Phi) is 6.04. The standard InChI is InChI=1S/C13H17FN2O5/c1-3-15-10(13(17)18)4-5-21-12-6-8(2)11(16(19)20)7-9(12)14/h6-7,10,15H,3-5H2,1-2H3,(H,17,18). The number of nitro groups is 1. The molecule has 7 nitrogen and oxygen atoms in total. The van der Waals surface area contributed by atoms with Crippen molar-refractivity contribution in [1.82, 2.24) is 5.32 Å². The summed E-state index contributed by atoms with van der Waals surface area (Å²) in [4.78, 5) is 20.9. The summed E-state index contributed by atoms with van der Waals surface area (Å²) in [6, 6.07) is 1.25. The molecule has 0 aromatic heterocycles. The largest absolute Gasteiger partial charge is 0.490 e. The van der Waals surface area contributed by atoms with Crippen LogP contribution >= 0.6 is 0 Å². The number of aryl methyl sites for hydroxylation is 1. The Morgan fingerprint density at radius 1 is 1.57 bits per heavy atom. The van der Waals surface area contributed by atoms with Crippen LogP contribution in [-0.4, -0.2) is 35.2 Å². The number of hydrogen-bond donors (Lipinski definition) is 2. The Morgan fingerprint density at radius 3 is 2.76 bits per heavy atom. The van der Waals surface area contributed by atoms with Gasteiger partial charge >= 0.3 is 5.97 Å². The van der Waals surface area contributed by atoms with Crippen LogP contribution in [0.4, 0.5) is 10.1 Å². The maximum absolute atomic E-state index is 13.7. The molecule has 1 aromatic rings. The molecule has 0 radical (unpaired) electrons. The molecule has 0 bridgehead atoms. The number of aliphatic carboxylic acids is 1. The molecular weight excluding hydrogens is 283 g/mol. The van der Waals surface area contributed by atoms with E-state index in [1.807, 2.05) is 0 Å². The van der Waals surface area contributed by atoms with Crippen LogP contribution in [0.25, 0.3) is 0 Å². The van der Waals surface area contributed by atoms with Crippen LogP contribution in [0.5, 0.6) is 5.75 Å². The van der Waals surface area contributed by atoms with Crippen molar-refractivity contribution in [2.24, 2.45) is 0 Å². The van der Waals surface area contributed by atoms with Crippen LogP contribution in [0.2, 0.25) is 0 Å². The summed E-state index contributed by atoms with van der Waals surface area (Å²) in [5.41, 5.74) is -0.0474. The van der Waals surface area contributed by atoms with Crippen molar-refractivity contribution in [2.45, 2.75) is 26.3 Å². The van der Waals surface area contributed by atoms with Gasteiger partial charge in [-0.05, 0) is 19.5 Å². The van der Waals surface area contributed by atoms with E-state index in [-0.39, 0.29) is 30.0 Å². The van der Waals surface area contributed by atoms with E-state index in [4.69, 9.17) is 9.84 Å². The highest BCUT2D eigenvalue weighted by Crippen LogP contribution is 2.27. The lowest BCUT2D eigenvalue weighted by Gasteiger charge is -2.14. The van der Waals surface area contributed by atoms with Crippen LogP contribution in [0.1, 0.15) is 18.9 Å². The summed E-state index contributed by atoms with van der Waals surface area (Å²) in [7, 11) is 0. The van der Waals surface area contributed by atoms with Crippen molar-refractivity contribution in [2.75, 3.05) is 13.2 Å². The molecule has 0 aliphatic rings. The number of nitrogens with one attached hydrogen (secondary N) is 1. The predicted molar refractivity (Wildman–Crippen MR) is 73.0 cm³/mol. The highest BCUT2D eigenvalue weighted by atomic mass is 19.1.